The zero-order valence-corrected chi connectivity index (χ0v) is 11.1. The van der Waals surface area contributed by atoms with Crippen LogP contribution in [0.25, 0.3) is 0 Å². The monoisotopic (exact) mass is 275 g/mol. The molecule has 2 aromatic rings. The maximum atomic E-state index is 8.85. The Hall–Kier alpha value is -2.21. The summed E-state index contributed by atoms with van der Waals surface area (Å²) in [5.74, 6) is 1.56. The van der Waals surface area contributed by atoms with Gasteiger partial charge in [-0.15, -0.1) is 0 Å². The first-order valence-electron chi connectivity index (χ1n) is 6.61. The molecular formula is C14H17N3O3. The van der Waals surface area contributed by atoms with E-state index in [4.69, 9.17) is 14.6 Å². The van der Waals surface area contributed by atoms with Crippen LogP contribution in [-0.4, -0.2) is 34.7 Å². The van der Waals surface area contributed by atoms with Crippen LogP contribution in [0.15, 0.2) is 30.6 Å². The molecule has 1 aromatic heterocycles. The number of benzene rings is 1. The van der Waals surface area contributed by atoms with Crippen LogP contribution in [0.4, 0.5) is 5.69 Å². The van der Waals surface area contributed by atoms with Gasteiger partial charge in [0.2, 0.25) is 0 Å². The van der Waals surface area contributed by atoms with Gasteiger partial charge in [-0.05, 0) is 12.1 Å². The average Bonchev–Trinajstić information content (AvgIpc) is 2.93. The maximum Gasteiger partial charge on any atom is 0.163 e. The molecule has 1 aromatic carbocycles. The third kappa shape index (κ3) is 2.85. The van der Waals surface area contributed by atoms with Gasteiger partial charge in [-0.3, -0.25) is 4.68 Å². The fourth-order valence-electron chi connectivity index (χ4n) is 2.08. The molecular weight excluding hydrogens is 258 g/mol. The number of anilines is 1. The Labute approximate surface area is 116 Å². The Morgan fingerprint density at radius 3 is 2.95 bits per heavy atom. The number of aliphatic hydroxyl groups is 1. The van der Waals surface area contributed by atoms with Crippen molar-refractivity contribution in [1.29, 1.82) is 0 Å². The highest BCUT2D eigenvalue weighted by molar-refractivity contribution is 5.55. The number of aromatic nitrogens is 2. The zero-order valence-electron chi connectivity index (χ0n) is 11.1. The largest absolute Gasteiger partial charge is 0.486 e. The quantitative estimate of drug-likeness (QED) is 0.859. The summed E-state index contributed by atoms with van der Waals surface area (Å²) in [5.41, 5.74) is 2.04. The van der Waals surface area contributed by atoms with Crippen molar-refractivity contribution in [2.75, 3.05) is 25.1 Å². The van der Waals surface area contributed by atoms with Crippen LogP contribution < -0.4 is 14.8 Å². The summed E-state index contributed by atoms with van der Waals surface area (Å²) in [7, 11) is 0. The van der Waals surface area contributed by atoms with Gasteiger partial charge in [-0.25, -0.2) is 0 Å². The van der Waals surface area contributed by atoms with E-state index in [1.165, 1.54) is 0 Å². The van der Waals surface area contributed by atoms with E-state index in [1.54, 1.807) is 10.9 Å². The minimum Gasteiger partial charge on any atom is -0.486 e. The van der Waals surface area contributed by atoms with Gasteiger partial charge in [0.25, 0.3) is 0 Å². The lowest BCUT2D eigenvalue weighted by Crippen LogP contribution is -2.15. The Morgan fingerprint density at radius 2 is 2.10 bits per heavy atom. The van der Waals surface area contributed by atoms with Crippen LogP contribution in [0.5, 0.6) is 11.5 Å². The van der Waals surface area contributed by atoms with Gasteiger partial charge in [0.05, 0.1) is 19.3 Å². The average molecular weight is 275 g/mol. The molecule has 2 N–H and O–H groups in total. The van der Waals surface area contributed by atoms with Crippen LogP contribution in [0.1, 0.15) is 5.56 Å². The molecule has 1 aliphatic rings. The van der Waals surface area contributed by atoms with Crippen molar-refractivity contribution in [3.63, 3.8) is 0 Å². The third-order valence-corrected chi connectivity index (χ3v) is 3.05. The molecule has 2 heterocycles. The fourth-order valence-corrected chi connectivity index (χ4v) is 2.08. The summed E-state index contributed by atoms with van der Waals surface area (Å²) in [6.45, 7) is 2.47. The molecule has 20 heavy (non-hydrogen) atoms. The summed E-state index contributed by atoms with van der Waals surface area (Å²) in [5, 5.41) is 16.3. The van der Waals surface area contributed by atoms with E-state index in [-0.39, 0.29) is 6.61 Å². The summed E-state index contributed by atoms with van der Waals surface area (Å²) in [4.78, 5) is 0. The Bertz CT molecular complexity index is 583. The van der Waals surface area contributed by atoms with Crippen LogP contribution in [-0.2, 0) is 13.1 Å². The van der Waals surface area contributed by atoms with Crippen molar-refractivity contribution < 1.29 is 14.6 Å². The Morgan fingerprint density at radius 1 is 1.25 bits per heavy atom. The molecule has 0 fully saturated rings. The predicted octanol–water partition coefficient (Wildman–Crippen LogP) is 1.26. The van der Waals surface area contributed by atoms with Crippen molar-refractivity contribution in [1.82, 2.24) is 9.78 Å². The SMILES string of the molecule is OCCn1cc(CNc2ccc3c(c2)OCCO3)cn1. The maximum absolute atomic E-state index is 8.85. The fraction of sp³-hybridized carbons (Fsp3) is 0.357. The van der Waals surface area contributed by atoms with Crippen molar-refractivity contribution in [3.8, 4) is 11.5 Å². The molecule has 0 radical (unpaired) electrons. The minimum absolute atomic E-state index is 0.0940. The number of aliphatic hydroxyl groups excluding tert-OH is 1. The van der Waals surface area contributed by atoms with E-state index in [1.807, 2.05) is 24.4 Å². The van der Waals surface area contributed by atoms with Crippen molar-refractivity contribution in [3.05, 3.63) is 36.2 Å². The van der Waals surface area contributed by atoms with E-state index in [2.05, 4.69) is 10.4 Å². The topological polar surface area (TPSA) is 68.5 Å². The zero-order chi connectivity index (χ0) is 13.8. The second-order valence-electron chi connectivity index (χ2n) is 4.55. The van der Waals surface area contributed by atoms with Crippen LogP contribution in [0, 0.1) is 0 Å². The van der Waals surface area contributed by atoms with Gasteiger partial charge in [-0.2, -0.15) is 5.10 Å². The first-order chi connectivity index (χ1) is 9.85. The van der Waals surface area contributed by atoms with E-state index >= 15 is 0 Å². The standard InChI is InChI=1S/C14H17N3O3/c18-4-3-17-10-11(9-16-17)8-15-12-1-2-13-14(7-12)20-6-5-19-13/h1-2,7,9-10,15,18H,3-6,8H2. The number of rotatable bonds is 5. The van der Waals surface area contributed by atoms with Gasteiger partial charge >= 0.3 is 0 Å². The first kappa shape index (κ1) is 12.8. The lowest BCUT2D eigenvalue weighted by atomic mass is 10.2. The lowest BCUT2D eigenvalue weighted by molar-refractivity contribution is 0.171. The molecule has 0 amide bonds. The third-order valence-electron chi connectivity index (χ3n) is 3.05. The molecule has 106 valence electrons. The lowest BCUT2D eigenvalue weighted by Gasteiger charge is -2.19. The molecule has 6 heteroatoms. The number of ether oxygens (including phenoxy) is 2. The van der Waals surface area contributed by atoms with E-state index < -0.39 is 0 Å². The van der Waals surface area contributed by atoms with Crippen molar-refractivity contribution >= 4 is 5.69 Å². The van der Waals surface area contributed by atoms with Gasteiger partial charge in [0, 0.05) is 30.1 Å². The van der Waals surface area contributed by atoms with Gasteiger partial charge in [0.15, 0.2) is 11.5 Å². The van der Waals surface area contributed by atoms with Crippen molar-refractivity contribution in [2.45, 2.75) is 13.1 Å². The molecule has 0 unspecified atom stereocenters. The number of hydrogen-bond acceptors (Lipinski definition) is 5. The Balaban J connectivity index is 1.62. The Kier molecular flexibility index (Phi) is 3.73. The second kappa shape index (κ2) is 5.83. The minimum atomic E-state index is 0.0940. The summed E-state index contributed by atoms with van der Waals surface area (Å²) in [6, 6.07) is 5.81. The molecule has 1 aliphatic heterocycles. The molecule has 0 spiro atoms. The predicted molar refractivity (Wildman–Crippen MR) is 74.1 cm³/mol. The number of fused-ring (bicyclic) bond motifs is 1. The van der Waals surface area contributed by atoms with Crippen LogP contribution >= 0.6 is 0 Å². The molecule has 0 bridgehead atoms. The number of nitrogens with zero attached hydrogens (tertiary/aromatic N) is 2. The van der Waals surface area contributed by atoms with Crippen molar-refractivity contribution in [2.24, 2.45) is 0 Å². The van der Waals surface area contributed by atoms with Gasteiger partial charge in [0.1, 0.15) is 13.2 Å². The second-order valence-corrected chi connectivity index (χ2v) is 4.55. The highest BCUT2D eigenvalue weighted by Crippen LogP contribution is 2.32. The van der Waals surface area contributed by atoms with E-state index in [9.17, 15) is 0 Å². The highest BCUT2D eigenvalue weighted by atomic mass is 16.6. The molecule has 0 atom stereocenters. The van der Waals surface area contributed by atoms with E-state index in [0.29, 0.717) is 26.3 Å². The van der Waals surface area contributed by atoms with Gasteiger partial charge in [-0.1, -0.05) is 0 Å². The van der Waals surface area contributed by atoms with Crippen LogP contribution in [0.3, 0.4) is 0 Å². The summed E-state index contributed by atoms with van der Waals surface area (Å²) in [6.07, 6.45) is 3.71. The molecule has 0 aliphatic carbocycles. The summed E-state index contributed by atoms with van der Waals surface area (Å²) >= 11 is 0. The molecule has 0 saturated heterocycles. The van der Waals surface area contributed by atoms with E-state index in [0.717, 1.165) is 22.7 Å². The molecule has 3 rings (SSSR count). The molecule has 6 nitrogen and oxygen atoms in total. The summed E-state index contributed by atoms with van der Waals surface area (Å²) < 4.78 is 12.7. The normalized spacial score (nSPS) is 13.2. The number of hydrogen-bond donors (Lipinski definition) is 2. The molecule has 0 saturated carbocycles. The highest BCUT2D eigenvalue weighted by Gasteiger charge is 2.11. The first-order valence-corrected chi connectivity index (χ1v) is 6.61. The number of nitrogens with one attached hydrogen (secondary N) is 1. The smallest absolute Gasteiger partial charge is 0.163 e. The van der Waals surface area contributed by atoms with Crippen LogP contribution in [0.2, 0.25) is 0 Å². The van der Waals surface area contributed by atoms with Gasteiger partial charge < -0.3 is 19.9 Å².